The molecule has 18 heavy (non-hydrogen) atoms. The topological polar surface area (TPSA) is 78.7 Å². The van der Waals surface area contributed by atoms with Gasteiger partial charge in [0.1, 0.15) is 5.75 Å². The third-order valence-corrected chi connectivity index (χ3v) is 2.15. The maximum absolute atomic E-state index is 11.2. The van der Waals surface area contributed by atoms with E-state index in [-0.39, 0.29) is 18.0 Å². The largest absolute Gasteiger partial charge is 0.482 e. The molecule has 98 valence electrons. The third kappa shape index (κ3) is 4.82. The van der Waals surface area contributed by atoms with E-state index in [2.05, 4.69) is 0 Å². The standard InChI is InChI=1S/C12H15NO5/c1-2-3-7-17-12(14)9-18-11-6-4-5-10(8-11)13(15)16/h4-6,8H,2-3,7,9H2,1H3. The maximum atomic E-state index is 11.2. The summed E-state index contributed by atoms with van der Waals surface area (Å²) >= 11 is 0. The molecule has 1 aromatic rings. The number of rotatable bonds is 7. The van der Waals surface area contributed by atoms with Crippen molar-refractivity contribution in [2.75, 3.05) is 13.2 Å². The fraction of sp³-hybridized carbons (Fsp3) is 0.417. The van der Waals surface area contributed by atoms with Crippen molar-refractivity contribution in [1.29, 1.82) is 0 Å². The number of unbranched alkanes of at least 4 members (excludes halogenated alkanes) is 1. The lowest BCUT2D eigenvalue weighted by Crippen LogP contribution is -2.15. The molecule has 0 aromatic heterocycles. The van der Waals surface area contributed by atoms with Gasteiger partial charge in [0.25, 0.3) is 5.69 Å². The zero-order chi connectivity index (χ0) is 13.4. The molecule has 0 saturated carbocycles. The van der Waals surface area contributed by atoms with Crippen LogP contribution in [0.25, 0.3) is 0 Å². The SMILES string of the molecule is CCCCOC(=O)COc1cccc([N+](=O)[O-])c1. The summed E-state index contributed by atoms with van der Waals surface area (Å²) in [5.41, 5.74) is -0.0770. The Morgan fingerprint density at radius 3 is 2.89 bits per heavy atom. The van der Waals surface area contributed by atoms with Crippen molar-refractivity contribution >= 4 is 11.7 Å². The molecular weight excluding hydrogens is 238 g/mol. The van der Waals surface area contributed by atoms with Gasteiger partial charge in [-0.2, -0.15) is 0 Å². The molecule has 0 N–H and O–H groups in total. The summed E-state index contributed by atoms with van der Waals surface area (Å²) in [4.78, 5) is 21.2. The number of nitrogens with zero attached hydrogens (tertiary/aromatic N) is 1. The highest BCUT2D eigenvalue weighted by Gasteiger charge is 2.08. The van der Waals surface area contributed by atoms with Gasteiger partial charge in [-0.3, -0.25) is 10.1 Å². The molecule has 1 rings (SSSR count). The summed E-state index contributed by atoms with van der Waals surface area (Å²) in [7, 11) is 0. The summed E-state index contributed by atoms with van der Waals surface area (Å²) in [5.74, 6) is -0.202. The first kappa shape index (κ1) is 14.0. The van der Waals surface area contributed by atoms with Crippen LogP contribution in [0.2, 0.25) is 0 Å². The quantitative estimate of drug-likeness (QED) is 0.322. The minimum absolute atomic E-state index is 0.0770. The van der Waals surface area contributed by atoms with Crippen molar-refractivity contribution in [2.24, 2.45) is 0 Å². The molecule has 0 saturated heterocycles. The van der Waals surface area contributed by atoms with Gasteiger partial charge in [-0.05, 0) is 12.5 Å². The van der Waals surface area contributed by atoms with E-state index in [1.54, 1.807) is 6.07 Å². The summed E-state index contributed by atoms with van der Waals surface area (Å²) in [6, 6.07) is 5.66. The number of esters is 1. The van der Waals surface area contributed by atoms with E-state index in [4.69, 9.17) is 9.47 Å². The molecule has 0 fully saturated rings. The molecule has 0 spiro atoms. The van der Waals surface area contributed by atoms with E-state index >= 15 is 0 Å². The minimum Gasteiger partial charge on any atom is -0.482 e. The summed E-state index contributed by atoms with van der Waals surface area (Å²) in [6.45, 7) is 2.12. The summed E-state index contributed by atoms with van der Waals surface area (Å²) < 4.78 is 9.99. The van der Waals surface area contributed by atoms with Gasteiger partial charge in [-0.1, -0.05) is 19.4 Å². The van der Waals surface area contributed by atoms with Crippen molar-refractivity contribution in [1.82, 2.24) is 0 Å². The molecule has 0 heterocycles. The van der Waals surface area contributed by atoms with Crippen LogP contribution in [0.1, 0.15) is 19.8 Å². The molecule has 0 amide bonds. The number of non-ortho nitro benzene ring substituents is 1. The average molecular weight is 253 g/mol. The predicted molar refractivity (Wildman–Crippen MR) is 64.5 cm³/mol. The van der Waals surface area contributed by atoms with Crippen molar-refractivity contribution in [3.8, 4) is 5.75 Å². The summed E-state index contributed by atoms with van der Waals surface area (Å²) in [5, 5.41) is 10.5. The third-order valence-electron chi connectivity index (χ3n) is 2.15. The van der Waals surface area contributed by atoms with Gasteiger partial charge in [-0.25, -0.2) is 4.79 Å². The van der Waals surface area contributed by atoms with Gasteiger partial charge in [0.2, 0.25) is 0 Å². The fourth-order valence-electron chi connectivity index (χ4n) is 1.20. The van der Waals surface area contributed by atoms with Gasteiger partial charge in [0.15, 0.2) is 6.61 Å². The van der Waals surface area contributed by atoms with Crippen molar-refractivity contribution in [3.63, 3.8) is 0 Å². The normalized spacial score (nSPS) is 9.83. The molecule has 0 aliphatic carbocycles. The van der Waals surface area contributed by atoms with Gasteiger partial charge < -0.3 is 9.47 Å². The smallest absolute Gasteiger partial charge is 0.344 e. The Bertz CT molecular complexity index is 419. The van der Waals surface area contributed by atoms with E-state index in [0.29, 0.717) is 6.61 Å². The molecule has 0 aliphatic rings. The zero-order valence-electron chi connectivity index (χ0n) is 10.1. The average Bonchev–Trinajstić information content (AvgIpc) is 2.37. The summed E-state index contributed by atoms with van der Waals surface area (Å²) in [6.07, 6.45) is 1.75. The number of ether oxygens (including phenoxy) is 2. The lowest BCUT2D eigenvalue weighted by atomic mass is 10.3. The number of nitro benzene ring substituents is 1. The first-order chi connectivity index (χ1) is 8.63. The Balaban J connectivity index is 2.41. The number of carbonyl (C=O) groups is 1. The van der Waals surface area contributed by atoms with Crippen LogP contribution in [0.5, 0.6) is 5.75 Å². The molecule has 6 nitrogen and oxygen atoms in total. The molecule has 0 atom stereocenters. The monoisotopic (exact) mass is 253 g/mol. The lowest BCUT2D eigenvalue weighted by molar-refractivity contribution is -0.384. The second-order valence-electron chi connectivity index (χ2n) is 3.62. The first-order valence-electron chi connectivity index (χ1n) is 5.66. The number of hydrogen-bond donors (Lipinski definition) is 0. The Hall–Kier alpha value is -2.11. The van der Waals surface area contributed by atoms with Crippen molar-refractivity contribution in [2.45, 2.75) is 19.8 Å². The van der Waals surface area contributed by atoms with Crippen LogP contribution < -0.4 is 4.74 Å². The van der Waals surface area contributed by atoms with E-state index in [0.717, 1.165) is 12.8 Å². The highest BCUT2D eigenvalue weighted by atomic mass is 16.6. The van der Waals surface area contributed by atoms with Crippen LogP contribution in [-0.2, 0) is 9.53 Å². The van der Waals surface area contributed by atoms with Crippen molar-refractivity contribution < 1.29 is 19.2 Å². The van der Waals surface area contributed by atoms with Crippen LogP contribution in [0.15, 0.2) is 24.3 Å². The molecular formula is C12H15NO5. The Morgan fingerprint density at radius 2 is 2.22 bits per heavy atom. The Morgan fingerprint density at radius 1 is 1.44 bits per heavy atom. The highest BCUT2D eigenvalue weighted by Crippen LogP contribution is 2.18. The van der Waals surface area contributed by atoms with Gasteiger partial charge >= 0.3 is 5.97 Å². The van der Waals surface area contributed by atoms with Gasteiger partial charge in [0, 0.05) is 6.07 Å². The van der Waals surface area contributed by atoms with Crippen LogP contribution in [0, 0.1) is 10.1 Å². The zero-order valence-corrected chi connectivity index (χ0v) is 10.1. The van der Waals surface area contributed by atoms with Crippen molar-refractivity contribution in [3.05, 3.63) is 34.4 Å². The molecule has 6 heteroatoms. The Labute approximate surface area is 105 Å². The van der Waals surface area contributed by atoms with Crippen LogP contribution in [0.4, 0.5) is 5.69 Å². The number of carbonyl (C=O) groups excluding carboxylic acids is 1. The minimum atomic E-state index is -0.521. The van der Waals surface area contributed by atoms with E-state index in [1.807, 2.05) is 6.92 Å². The molecule has 0 unspecified atom stereocenters. The number of benzene rings is 1. The molecule has 0 radical (unpaired) electrons. The number of hydrogen-bond acceptors (Lipinski definition) is 5. The molecule has 0 aliphatic heterocycles. The van der Waals surface area contributed by atoms with Crippen LogP contribution in [-0.4, -0.2) is 24.1 Å². The predicted octanol–water partition coefficient (Wildman–Crippen LogP) is 2.32. The molecule has 1 aromatic carbocycles. The van der Waals surface area contributed by atoms with Crippen LogP contribution >= 0.6 is 0 Å². The highest BCUT2D eigenvalue weighted by molar-refractivity contribution is 5.71. The molecule has 0 bridgehead atoms. The Kier molecular flexibility index (Phi) is 5.63. The van der Waals surface area contributed by atoms with E-state index in [1.165, 1.54) is 18.2 Å². The first-order valence-corrected chi connectivity index (χ1v) is 5.66. The van der Waals surface area contributed by atoms with E-state index < -0.39 is 10.9 Å². The number of nitro groups is 1. The van der Waals surface area contributed by atoms with Gasteiger partial charge in [0.05, 0.1) is 17.6 Å². The van der Waals surface area contributed by atoms with Crippen LogP contribution in [0.3, 0.4) is 0 Å². The fourth-order valence-corrected chi connectivity index (χ4v) is 1.20. The lowest BCUT2D eigenvalue weighted by Gasteiger charge is -2.06. The van der Waals surface area contributed by atoms with E-state index in [9.17, 15) is 14.9 Å². The maximum Gasteiger partial charge on any atom is 0.344 e. The second-order valence-corrected chi connectivity index (χ2v) is 3.62. The second kappa shape index (κ2) is 7.26. The van der Waals surface area contributed by atoms with Gasteiger partial charge in [-0.15, -0.1) is 0 Å².